The number of nitrogens with one attached hydrogen (secondary N) is 1. The maximum absolute atomic E-state index is 13.6. The van der Waals surface area contributed by atoms with Crippen molar-refractivity contribution in [1.29, 1.82) is 5.26 Å². The van der Waals surface area contributed by atoms with Gasteiger partial charge in [0.25, 0.3) is 0 Å². The van der Waals surface area contributed by atoms with Gasteiger partial charge in [-0.25, -0.2) is 9.37 Å². The molecule has 8 heteroatoms. The van der Waals surface area contributed by atoms with Crippen LogP contribution in [-0.4, -0.2) is 32.9 Å². The fourth-order valence-electron chi connectivity index (χ4n) is 3.75. The SMILES string of the molecule is N#Cc1ccc(Cn2cncc2CN[C@@H]2CCN(Cc3cc(F)cc(Cl)c3)C2=O)cc1. The van der Waals surface area contributed by atoms with Crippen molar-refractivity contribution in [2.45, 2.75) is 32.1 Å². The Morgan fingerprint density at radius 1 is 1.19 bits per heavy atom. The molecule has 0 spiro atoms. The van der Waals surface area contributed by atoms with Gasteiger partial charge in [0.1, 0.15) is 5.82 Å². The molecule has 1 saturated heterocycles. The molecule has 4 rings (SSSR count). The van der Waals surface area contributed by atoms with Crippen LogP contribution in [0.15, 0.2) is 55.0 Å². The second-order valence-electron chi connectivity index (χ2n) is 7.58. The number of carbonyl (C=O) groups excluding carboxylic acids is 1. The van der Waals surface area contributed by atoms with Crippen LogP contribution in [0.3, 0.4) is 0 Å². The molecule has 3 aromatic rings. The normalized spacial score (nSPS) is 16.0. The number of aromatic nitrogens is 2. The maximum atomic E-state index is 13.6. The van der Waals surface area contributed by atoms with E-state index in [-0.39, 0.29) is 11.9 Å². The number of amides is 1. The van der Waals surface area contributed by atoms with Crippen molar-refractivity contribution in [3.8, 4) is 6.07 Å². The molecule has 31 heavy (non-hydrogen) atoms. The molecular formula is C23H21ClFN5O. The van der Waals surface area contributed by atoms with Crippen LogP contribution in [0.5, 0.6) is 0 Å². The third-order valence-electron chi connectivity index (χ3n) is 5.36. The van der Waals surface area contributed by atoms with E-state index >= 15 is 0 Å². The van der Waals surface area contributed by atoms with Gasteiger partial charge in [0.2, 0.25) is 5.91 Å². The van der Waals surface area contributed by atoms with Crippen molar-refractivity contribution in [3.63, 3.8) is 0 Å². The molecule has 1 N–H and O–H groups in total. The first-order valence-corrected chi connectivity index (χ1v) is 10.3. The Morgan fingerprint density at radius 2 is 2.00 bits per heavy atom. The van der Waals surface area contributed by atoms with Crippen LogP contribution >= 0.6 is 11.6 Å². The molecule has 0 bridgehead atoms. The lowest BCUT2D eigenvalue weighted by molar-refractivity contribution is -0.129. The first kappa shape index (κ1) is 21.0. The van der Waals surface area contributed by atoms with Crippen molar-refractivity contribution in [2.24, 2.45) is 0 Å². The number of benzene rings is 2. The van der Waals surface area contributed by atoms with Crippen LogP contribution < -0.4 is 5.32 Å². The standard InChI is InChI=1S/C23H21ClFN5O/c24-19-7-18(8-20(25)9-19)14-29-6-5-22(23(29)31)28-12-21-11-27-15-30(21)13-17-3-1-16(10-26)2-4-17/h1-4,7-9,11,15,22,28H,5-6,12-14H2/t22-/m1/s1. The molecule has 2 aromatic carbocycles. The monoisotopic (exact) mass is 437 g/mol. The summed E-state index contributed by atoms with van der Waals surface area (Å²) >= 11 is 5.92. The molecule has 1 aliphatic rings. The summed E-state index contributed by atoms with van der Waals surface area (Å²) in [7, 11) is 0. The van der Waals surface area contributed by atoms with Gasteiger partial charge >= 0.3 is 0 Å². The molecule has 0 unspecified atom stereocenters. The van der Waals surface area contributed by atoms with Gasteiger partial charge in [-0.15, -0.1) is 0 Å². The van der Waals surface area contributed by atoms with Crippen molar-refractivity contribution >= 4 is 17.5 Å². The fourth-order valence-corrected chi connectivity index (χ4v) is 4.00. The van der Waals surface area contributed by atoms with Gasteiger partial charge in [0.05, 0.1) is 29.7 Å². The van der Waals surface area contributed by atoms with Gasteiger partial charge in [0, 0.05) is 37.4 Å². The second-order valence-corrected chi connectivity index (χ2v) is 8.02. The van der Waals surface area contributed by atoms with Gasteiger partial charge in [0.15, 0.2) is 0 Å². The zero-order valence-corrected chi connectivity index (χ0v) is 17.5. The minimum absolute atomic E-state index is 0.00135. The molecule has 0 radical (unpaired) electrons. The third-order valence-corrected chi connectivity index (χ3v) is 5.58. The first-order valence-electron chi connectivity index (χ1n) is 9.97. The Kier molecular flexibility index (Phi) is 6.31. The van der Waals surface area contributed by atoms with E-state index in [1.165, 1.54) is 12.1 Å². The number of nitriles is 1. The summed E-state index contributed by atoms with van der Waals surface area (Å²) in [5, 5.41) is 12.6. The van der Waals surface area contributed by atoms with E-state index in [9.17, 15) is 9.18 Å². The van der Waals surface area contributed by atoms with Crippen molar-refractivity contribution in [1.82, 2.24) is 19.8 Å². The Labute approximate surface area is 184 Å². The molecule has 0 saturated carbocycles. The predicted molar refractivity (Wildman–Crippen MR) is 115 cm³/mol. The van der Waals surface area contributed by atoms with E-state index in [1.54, 1.807) is 35.6 Å². The Morgan fingerprint density at radius 3 is 2.74 bits per heavy atom. The zero-order valence-electron chi connectivity index (χ0n) is 16.8. The number of likely N-dealkylation sites (tertiary alicyclic amines) is 1. The van der Waals surface area contributed by atoms with Gasteiger partial charge in [-0.1, -0.05) is 23.7 Å². The topological polar surface area (TPSA) is 74.0 Å². The van der Waals surface area contributed by atoms with Gasteiger partial charge in [-0.2, -0.15) is 5.26 Å². The first-order chi connectivity index (χ1) is 15.0. The number of hydrogen-bond acceptors (Lipinski definition) is 4. The highest BCUT2D eigenvalue weighted by Crippen LogP contribution is 2.20. The van der Waals surface area contributed by atoms with Crippen LogP contribution in [-0.2, 0) is 24.4 Å². The summed E-state index contributed by atoms with van der Waals surface area (Å²) in [6.07, 6.45) is 4.22. The zero-order chi connectivity index (χ0) is 21.8. The fraction of sp³-hybridized carbons (Fsp3) is 0.261. The number of rotatable bonds is 7. The Bertz CT molecular complexity index is 1100. The van der Waals surface area contributed by atoms with Crippen molar-refractivity contribution in [2.75, 3.05) is 6.54 Å². The lowest BCUT2D eigenvalue weighted by Gasteiger charge is -2.18. The highest BCUT2D eigenvalue weighted by molar-refractivity contribution is 6.30. The van der Waals surface area contributed by atoms with E-state index in [1.807, 2.05) is 16.7 Å². The van der Waals surface area contributed by atoms with Crippen molar-refractivity contribution in [3.05, 3.63) is 88.2 Å². The molecular weight excluding hydrogens is 417 g/mol. The van der Waals surface area contributed by atoms with Gasteiger partial charge in [-0.3, -0.25) is 4.79 Å². The minimum atomic E-state index is -0.403. The third kappa shape index (κ3) is 5.10. The number of carbonyl (C=O) groups is 1. The van der Waals surface area contributed by atoms with E-state index in [0.717, 1.165) is 11.3 Å². The Hall–Kier alpha value is -3.21. The largest absolute Gasteiger partial charge is 0.337 e. The molecule has 2 heterocycles. The summed E-state index contributed by atoms with van der Waals surface area (Å²) in [5.74, 6) is -0.405. The highest BCUT2D eigenvalue weighted by atomic mass is 35.5. The van der Waals surface area contributed by atoms with E-state index < -0.39 is 5.82 Å². The van der Waals surface area contributed by atoms with Crippen LogP contribution in [0.4, 0.5) is 4.39 Å². The molecule has 1 atom stereocenters. The lowest BCUT2D eigenvalue weighted by Crippen LogP contribution is -2.38. The van der Waals surface area contributed by atoms with Crippen LogP contribution in [0.1, 0.15) is 28.8 Å². The summed E-state index contributed by atoms with van der Waals surface area (Å²) in [4.78, 5) is 18.7. The average Bonchev–Trinajstić information content (AvgIpc) is 3.33. The van der Waals surface area contributed by atoms with E-state index in [4.69, 9.17) is 16.9 Å². The van der Waals surface area contributed by atoms with Gasteiger partial charge < -0.3 is 14.8 Å². The highest BCUT2D eigenvalue weighted by Gasteiger charge is 2.31. The molecule has 1 aromatic heterocycles. The number of halogens is 2. The van der Waals surface area contributed by atoms with Crippen LogP contribution in [0, 0.1) is 17.1 Å². The minimum Gasteiger partial charge on any atom is -0.337 e. The van der Waals surface area contributed by atoms with Crippen LogP contribution in [0.2, 0.25) is 5.02 Å². The molecule has 0 aliphatic carbocycles. The summed E-state index contributed by atoms with van der Waals surface area (Å²) in [5.41, 5.74) is 3.34. The summed E-state index contributed by atoms with van der Waals surface area (Å²) in [6.45, 7) is 2.08. The number of nitrogens with zero attached hydrogens (tertiary/aromatic N) is 4. The van der Waals surface area contributed by atoms with Crippen molar-refractivity contribution < 1.29 is 9.18 Å². The number of hydrogen-bond donors (Lipinski definition) is 1. The van der Waals surface area contributed by atoms with Gasteiger partial charge in [-0.05, 0) is 47.9 Å². The molecule has 1 amide bonds. The average molecular weight is 438 g/mol. The summed E-state index contributed by atoms with van der Waals surface area (Å²) in [6, 6.07) is 13.6. The van der Waals surface area contributed by atoms with E-state index in [2.05, 4.69) is 16.4 Å². The quantitative estimate of drug-likeness (QED) is 0.614. The maximum Gasteiger partial charge on any atom is 0.240 e. The second kappa shape index (κ2) is 9.29. The molecule has 158 valence electrons. The van der Waals surface area contributed by atoms with Crippen LogP contribution in [0.25, 0.3) is 0 Å². The molecule has 6 nitrogen and oxygen atoms in total. The lowest BCUT2D eigenvalue weighted by atomic mass is 10.1. The van der Waals surface area contributed by atoms with E-state index in [0.29, 0.717) is 48.7 Å². The smallest absolute Gasteiger partial charge is 0.240 e. The molecule has 1 aliphatic heterocycles. The Balaban J connectivity index is 1.34. The molecule has 1 fully saturated rings. The summed E-state index contributed by atoms with van der Waals surface area (Å²) < 4.78 is 15.6. The predicted octanol–water partition coefficient (Wildman–Crippen LogP) is 3.49. The number of imidazole rings is 1.